The molecule has 2 rings (SSSR count). The van der Waals surface area contributed by atoms with Crippen LogP contribution in [-0.4, -0.2) is 31.8 Å². The number of hydrogen-bond donors (Lipinski definition) is 2. The molecule has 0 bridgehead atoms. The predicted molar refractivity (Wildman–Crippen MR) is 74.5 cm³/mol. The number of nitrogens with one attached hydrogen (secondary N) is 1. The fourth-order valence-corrected chi connectivity index (χ4v) is 2.58. The van der Waals surface area contributed by atoms with Crippen molar-refractivity contribution in [2.75, 3.05) is 19.7 Å². The lowest BCUT2D eigenvalue weighted by molar-refractivity contribution is 0.119. The second-order valence-corrected chi connectivity index (χ2v) is 5.59. The van der Waals surface area contributed by atoms with Gasteiger partial charge >= 0.3 is 0 Å². The Morgan fingerprint density at radius 3 is 2.83 bits per heavy atom. The zero-order chi connectivity index (χ0) is 13.0. The van der Waals surface area contributed by atoms with Gasteiger partial charge in [0.25, 0.3) is 0 Å². The molecule has 102 valence electrons. The Morgan fingerprint density at radius 2 is 2.22 bits per heavy atom. The van der Waals surface area contributed by atoms with E-state index in [4.69, 9.17) is 10.5 Å². The molecule has 2 atom stereocenters. The summed E-state index contributed by atoms with van der Waals surface area (Å²) in [5, 5.41) is 3.22. The molecule has 0 spiro atoms. The summed E-state index contributed by atoms with van der Waals surface area (Å²) in [6.45, 7) is 8.54. The maximum Gasteiger partial charge on any atom is 0.188 e. The molecular weight excluding hydrogens is 226 g/mol. The number of guanidine groups is 1. The standard InChI is InChI=1S/C14H25N3O/c1-10(2)13-12(6-7-18-13)9-17-14(15)16-8-11-4-3-5-11/h11-13H,1,3-9H2,2H3,(H3,15,16,17). The van der Waals surface area contributed by atoms with Gasteiger partial charge in [-0.3, -0.25) is 4.99 Å². The summed E-state index contributed by atoms with van der Waals surface area (Å²) in [6, 6.07) is 0. The van der Waals surface area contributed by atoms with Crippen LogP contribution in [0.3, 0.4) is 0 Å². The molecule has 2 aliphatic rings. The summed E-state index contributed by atoms with van der Waals surface area (Å²) < 4.78 is 5.66. The Hall–Kier alpha value is -1.03. The van der Waals surface area contributed by atoms with E-state index in [0.29, 0.717) is 11.9 Å². The highest BCUT2D eigenvalue weighted by Gasteiger charge is 2.28. The van der Waals surface area contributed by atoms with Crippen LogP contribution in [0.15, 0.2) is 17.1 Å². The van der Waals surface area contributed by atoms with E-state index in [1.807, 2.05) is 6.92 Å². The van der Waals surface area contributed by atoms with Crippen LogP contribution >= 0.6 is 0 Å². The van der Waals surface area contributed by atoms with Gasteiger partial charge < -0.3 is 15.8 Å². The molecule has 0 aromatic carbocycles. The van der Waals surface area contributed by atoms with Crippen LogP contribution in [0.25, 0.3) is 0 Å². The van der Waals surface area contributed by atoms with Gasteiger partial charge in [-0.05, 0) is 32.1 Å². The second-order valence-electron chi connectivity index (χ2n) is 5.59. The molecule has 1 saturated carbocycles. The highest BCUT2D eigenvalue weighted by atomic mass is 16.5. The van der Waals surface area contributed by atoms with Gasteiger partial charge in [-0.2, -0.15) is 0 Å². The van der Waals surface area contributed by atoms with Crippen LogP contribution in [-0.2, 0) is 4.74 Å². The number of hydrogen-bond acceptors (Lipinski definition) is 2. The Morgan fingerprint density at radius 1 is 1.44 bits per heavy atom. The van der Waals surface area contributed by atoms with E-state index >= 15 is 0 Å². The number of ether oxygens (including phenoxy) is 1. The molecule has 2 unspecified atom stereocenters. The second kappa shape index (κ2) is 6.23. The molecule has 0 aromatic heterocycles. The first kappa shape index (κ1) is 13.4. The van der Waals surface area contributed by atoms with Crippen molar-refractivity contribution in [2.45, 2.75) is 38.7 Å². The van der Waals surface area contributed by atoms with Crippen LogP contribution in [0, 0.1) is 11.8 Å². The summed E-state index contributed by atoms with van der Waals surface area (Å²) >= 11 is 0. The minimum Gasteiger partial charge on any atom is -0.374 e. The Balaban J connectivity index is 1.71. The average Bonchev–Trinajstić information content (AvgIpc) is 2.72. The van der Waals surface area contributed by atoms with Crippen LogP contribution in [0.5, 0.6) is 0 Å². The van der Waals surface area contributed by atoms with Crippen LogP contribution in [0.1, 0.15) is 32.6 Å². The number of rotatable bonds is 5. The fourth-order valence-electron chi connectivity index (χ4n) is 2.58. The minimum atomic E-state index is 0.178. The van der Waals surface area contributed by atoms with E-state index in [9.17, 15) is 0 Å². The summed E-state index contributed by atoms with van der Waals surface area (Å²) in [5.41, 5.74) is 6.98. The lowest BCUT2D eigenvalue weighted by Crippen LogP contribution is -2.38. The molecule has 4 nitrogen and oxygen atoms in total. The first-order valence-corrected chi connectivity index (χ1v) is 6.97. The lowest BCUT2D eigenvalue weighted by Gasteiger charge is -2.23. The van der Waals surface area contributed by atoms with Crippen molar-refractivity contribution < 1.29 is 4.74 Å². The fraction of sp³-hybridized carbons (Fsp3) is 0.786. The third-order valence-electron chi connectivity index (χ3n) is 3.99. The van der Waals surface area contributed by atoms with Gasteiger partial charge in [-0.25, -0.2) is 0 Å². The SMILES string of the molecule is C=C(C)C1OCCC1CNC(N)=NCC1CCC1. The van der Waals surface area contributed by atoms with Crippen molar-refractivity contribution >= 4 is 5.96 Å². The van der Waals surface area contributed by atoms with Crippen molar-refractivity contribution in [2.24, 2.45) is 22.6 Å². The summed E-state index contributed by atoms with van der Waals surface area (Å²) in [5.74, 6) is 1.82. The summed E-state index contributed by atoms with van der Waals surface area (Å²) in [6.07, 6.45) is 5.22. The normalized spacial score (nSPS) is 29.1. The van der Waals surface area contributed by atoms with Gasteiger partial charge in [0, 0.05) is 25.6 Å². The molecule has 3 N–H and O–H groups in total. The monoisotopic (exact) mass is 251 g/mol. The van der Waals surface area contributed by atoms with Crippen molar-refractivity contribution in [3.63, 3.8) is 0 Å². The number of nitrogens with two attached hydrogens (primary N) is 1. The topological polar surface area (TPSA) is 59.6 Å². The van der Waals surface area contributed by atoms with Crippen molar-refractivity contribution in [3.05, 3.63) is 12.2 Å². The molecule has 4 heteroatoms. The molecule has 18 heavy (non-hydrogen) atoms. The molecule has 2 fully saturated rings. The van der Waals surface area contributed by atoms with Crippen molar-refractivity contribution in [1.82, 2.24) is 5.32 Å². The van der Waals surface area contributed by atoms with Crippen molar-refractivity contribution in [3.8, 4) is 0 Å². The van der Waals surface area contributed by atoms with E-state index in [2.05, 4.69) is 16.9 Å². The third-order valence-corrected chi connectivity index (χ3v) is 3.99. The molecule has 0 radical (unpaired) electrons. The van der Waals surface area contributed by atoms with Gasteiger partial charge in [-0.1, -0.05) is 18.6 Å². The van der Waals surface area contributed by atoms with Crippen LogP contribution in [0.2, 0.25) is 0 Å². The third kappa shape index (κ3) is 3.48. The first-order valence-electron chi connectivity index (χ1n) is 6.97. The zero-order valence-electron chi connectivity index (χ0n) is 11.3. The van der Waals surface area contributed by atoms with E-state index in [1.165, 1.54) is 19.3 Å². The first-order chi connectivity index (χ1) is 8.66. The van der Waals surface area contributed by atoms with Crippen LogP contribution in [0.4, 0.5) is 0 Å². The molecular formula is C14H25N3O. The molecule has 1 saturated heterocycles. The van der Waals surface area contributed by atoms with E-state index in [-0.39, 0.29) is 6.10 Å². The lowest BCUT2D eigenvalue weighted by atomic mass is 9.86. The Bertz CT molecular complexity index is 323. The van der Waals surface area contributed by atoms with E-state index < -0.39 is 0 Å². The Kier molecular flexibility index (Phi) is 4.64. The van der Waals surface area contributed by atoms with Gasteiger partial charge in [0.05, 0.1) is 6.10 Å². The number of nitrogens with zero attached hydrogens (tertiary/aromatic N) is 1. The average molecular weight is 251 g/mol. The molecule has 1 aliphatic carbocycles. The highest BCUT2D eigenvalue weighted by Crippen LogP contribution is 2.26. The smallest absolute Gasteiger partial charge is 0.188 e. The molecule has 0 aromatic rings. The maximum absolute atomic E-state index is 5.88. The van der Waals surface area contributed by atoms with Crippen LogP contribution < -0.4 is 11.1 Å². The predicted octanol–water partition coefficient (Wildman–Crippen LogP) is 1.67. The van der Waals surface area contributed by atoms with Gasteiger partial charge in [0.2, 0.25) is 0 Å². The minimum absolute atomic E-state index is 0.178. The van der Waals surface area contributed by atoms with Gasteiger partial charge in [0.15, 0.2) is 5.96 Å². The van der Waals surface area contributed by atoms with Gasteiger partial charge in [-0.15, -0.1) is 0 Å². The molecule has 1 aliphatic heterocycles. The number of aliphatic imine (C=N–C) groups is 1. The zero-order valence-corrected chi connectivity index (χ0v) is 11.3. The summed E-state index contributed by atoms with van der Waals surface area (Å²) in [4.78, 5) is 4.40. The highest BCUT2D eigenvalue weighted by molar-refractivity contribution is 5.77. The molecule has 0 amide bonds. The maximum atomic E-state index is 5.88. The Labute approximate surface area is 110 Å². The largest absolute Gasteiger partial charge is 0.374 e. The van der Waals surface area contributed by atoms with E-state index in [1.54, 1.807) is 0 Å². The summed E-state index contributed by atoms with van der Waals surface area (Å²) in [7, 11) is 0. The van der Waals surface area contributed by atoms with Gasteiger partial charge in [0.1, 0.15) is 0 Å². The van der Waals surface area contributed by atoms with E-state index in [0.717, 1.165) is 37.6 Å². The van der Waals surface area contributed by atoms with Crippen molar-refractivity contribution in [1.29, 1.82) is 0 Å². The quantitative estimate of drug-likeness (QED) is 0.444. The molecule has 1 heterocycles.